The van der Waals surface area contributed by atoms with E-state index in [4.69, 9.17) is 4.74 Å². The van der Waals surface area contributed by atoms with E-state index in [1.807, 2.05) is 0 Å². The molecule has 6 unspecified atom stereocenters. The Morgan fingerprint density at radius 2 is 1.59 bits per heavy atom. The lowest BCUT2D eigenvalue weighted by Gasteiger charge is -2.43. The van der Waals surface area contributed by atoms with Gasteiger partial charge in [0.25, 0.3) is 0 Å². The van der Waals surface area contributed by atoms with Crippen LogP contribution in [0.2, 0.25) is 0 Å². The van der Waals surface area contributed by atoms with Gasteiger partial charge in [0.2, 0.25) is 0 Å². The zero-order valence-corrected chi connectivity index (χ0v) is 26.1. The van der Waals surface area contributed by atoms with Gasteiger partial charge in [-0.15, -0.1) is 0 Å². The minimum absolute atomic E-state index is 0.166. The first kappa shape index (κ1) is 34.4. The number of rotatable bonds is 21. The summed E-state index contributed by atoms with van der Waals surface area (Å²) in [5.41, 5.74) is 3.09. The smallest absolute Gasteiger partial charge is 0.0633 e. The zero-order chi connectivity index (χ0) is 27.5. The summed E-state index contributed by atoms with van der Waals surface area (Å²) in [6.07, 6.45) is 27.1. The second-order valence-electron chi connectivity index (χ2n) is 12.6. The number of hydrogen-bond acceptors (Lipinski definition) is 2. The SMILES string of the molecule is C[CH-]CC/C=C(\C)CC/C=C(\C)CCCC(C)CCC1CC(O)C(C)C(C)C1OCCCCCCCC. The Balaban J connectivity index is 2.36. The first-order chi connectivity index (χ1) is 17.8. The Labute approximate surface area is 233 Å². The van der Waals surface area contributed by atoms with Gasteiger partial charge in [-0.25, -0.2) is 0 Å². The summed E-state index contributed by atoms with van der Waals surface area (Å²) in [5, 5.41) is 10.7. The van der Waals surface area contributed by atoms with Crippen molar-refractivity contribution in [3.05, 3.63) is 29.7 Å². The van der Waals surface area contributed by atoms with Crippen molar-refractivity contribution in [2.45, 2.75) is 163 Å². The molecule has 0 aliphatic heterocycles. The van der Waals surface area contributed by atoms with Crippen LogP contribution >= 0.6 is 0 Å². The van der Waals surface area contributed by atoms with Crippen molar-refractivity contribution in [1.29, 1.82) is 0 Å². The van der Waals surface area contributed by atoms with Crippen molar-refractivity contribution in [3.63, 3.8) is 0 Å². The van der Waals surface area contributed by atoms with Gasteiger partial charge in [-0.2, -0.15) is 13.3 Å². The normalized spacial score (nSPS) is 26.0. The largest absolute Gasteiger partial charge is 0.393 e. The Bertz CT molecular complexity index is 606. The van der Waals surface area contributed by atoms with Crippen molar-refractivity contribution in [1.82, 2.24) is 0 Å². The van der Waals surface area contributed by atoms with E-state index in [0.29, 0.717) is 23.9 Å². The number of aliphatic hydroxyl groups is 1. The molecule has 2 nitrogen and oxygen atoms in total. The maximum Gasteiger partial charge on any atom is 0.0633 e. The molecule has 0 amide bonds. The summed E-state index contributed by atoms with van der Waals surface area (Å²) in [4.78, 5) is 0. The van der Waals surface area contributed by atoms with Crippen molar-refractivity contribution in [2.75, 3.05) is 6.61 Å². The Kier molecular flexibility index (Phi) is 19.8. The van der Waals surface area contributed by atoms with E-state index in [1.165, 1.54) is 102 Å². The van der Waals surface area contributed by atoms with Crippen molar-refractivity contribution < 1.29 is 9.84 Å². The van der Waals surface area contributed by atoms with Crippen LogP contribution in [0.5, 0.6) is 0 Å². The third-order valence-corrected chi connectivity index (χ3v) is 9.05. The fourth-order valence-corrected chi connectivity index (χ4v) is 6.03. The van der Waals surface area contributed by atoms with Crippen LogP contribution in [0.15, 0.2) is 23.3 Å². The fraction of sp³-hybridized carbons (Fsp3) is 0.857. The summed E-state index contributed by atoms with van der Waals surface area (Å²) < 4.78 is 6.54. The molecule has 6 atom stereocenters. The van der Waals surface area contributed by atoms with Crippen LogP contribution in [0.25, 0.3) is 0 Å². The van der Waals surface area contributed by atoms with Gasteiger partial charge in [0, 0.05) is 6.61 Å². The molecule has 1 aliphatic carbocycles. The predicted molar refractivity (Wildman–Crippen MR) is 164 cm³/mol. The lowest BCUT2D eigenvalue weighted by molar-refractivity contribution is -0.105. The molecule has 0 spiro atoms. The molecule has 0 aromatic heterocycles. The second kappa shape index (κ2) is 21.2. The quantitative estimate of drug-likeness (QED) is 0.0931. The molecule has 2 heteroatoms. The maximum absolute atomic E-state index is 10.7. The average Bonchev–Trinajstić information content (AvgIpc) is 2.87. The van der Waals surface area contributed by atoms with Crippen LogP contribution in [-0.4, -0.2) is 23.9 Å². The number of allylic oxidation sites excluding steroid dienone is 4. The van der Waals surface area contributed by atoms with E-state index in [1.54, 1.807) is 5.57 Å². The van der Waals surface area contributed by atoms with E-state index < -0.39 is 0 Å². The Morgan fingerprint density at radius 1 is 0.919 bits per heavy atom. The Hall–Kier alpha value is -0.600. The Morgan fingerprint density at radius 3 is 2.32 bits per heavy atom. The summed E-state index contributed by atoms with van der Waals surface area (Å²) >= 11 is 0. The van der Waals surface area contributed by atoms with E-state index in [9.17, 15) is 5.11 Å². The molecule has 1 saturated carbocycles. The summed E-state index contributed by atoms with van der Waals surface area (Å²) in [6.45, 7) is 16.9. The summed E-state index contributed by atoms with van der Waals surface area (Å²) in [7, 11) is 0. The van der Waals surface area contributed by atoms with E-state index in [2.05, 4.69) is 67.0 Å². The summed E-state index contributed by atoms with van der Waals surface area (Å²) in [5.74, 6) is 2.05. The summed E-state index contributed by atoms with van der Waals surface area (Å²) in [6, 6.07) is 0. The molecule has 0 saturated heterocycles. The van der Waals surface area contributed by atoms with Gasteiger partial charge in [0.05, 0.1) is 12.2 Å². The molecule has 1 aliphatic rings. The molecule has 0 heterocycles. The number of aliphatic hydroxyl groups excluding tert-OH is 1. The topological polar surface area (TPSA) is 29.5 Å². The third kappa shape index (κ3) is 15.5. The molecule has 1 fully saturated rings. The standard InChI is InChI=1S/C35H65O2/c1-8-10-12-13-14-16-26-37-35-32(7)31(6)34(36)27-33(35)25-24-30(5)23-18-22-29(4)21-17-20-28(3)19-15-11-9-2/h9,19,21,30-36H,8,10-18,20,22-27H2,1-7H3/q-1/b28-19+,29-21+. The first-order valence-corrected chi connectivity index (χ1v) is 16.2. The van der Waals surface area contributed by atoms with E-state index in [-0.39, 0.29) is 6.10 Å². The van der Waals surface area contributed by atoms with Crippen LogP contribution < -0.4 is 0 Å². The van der Waals surface area contributed by atoms with Crippen LogP contribution in [0.4, 0.5) is 0 Å². The maximum atomic E-state index is 10.7. The van der Waals surface area contributed by atoms with Crippen LogP contribution in [0.1, 0.15) is 151 Å². The molecule has 0 aromatic carbocycles. The van der Waals surface area contributed by atoms with Gasteiger partial charge in [-0.3, -0.25) is 0 Å². The van der Waals surface area contributed by atoms with Gasteiger partial charge in [0.15, 0.2) is 0 Å². The van der Waals surface area contributed by atoms with Gasteiger partial charge in [0.1, 0.15) is 0 Å². The van der Waals surface area contributed by atoms with Crippen LogP contribution in [0, 0.1) is 30.1 Å². The van der Waals surface area contributed by atoms with Crippen LogP contribution in [-0.2, 0) is 4.74 Å². The molecule has 0 radical (unpaired) electrons. The van der Waals surface area contributed by atoms with Crippen molar-refractivity contribution in [2.24, 2.45) is 23.7 Å². The van der Waals surface area contributed by atoms with E-state index >= 15 is 0 Å². The highest BCUT2D eigenvalue weighted by Gasteiger charge is 2.40. The molecular formula is C35H65O2-. The molecule has 218 valence electrons. The van der Waals surface area contributed by atoms with Crippen LogP contribution in [0.3, 0.4) is 0 Å². The van der Waals surface area contributed by atoms with E-state index in [0.717, 1.165) is 18.9 Å². The predicted octanol–water partition coefficient (Wildman–Crippen LogP) is 10.6. The van der Waals surface area contributed by atoms with Crippen molar-refractivity contribution in [3.8, 4) is 0 Å². The highest BCUT2D eigenvalue weighted by molar-refractivity contribution is 5.03. The van der Waals surface area contributed by atoms with Gasteiger partial charge < -0.3 is 16.3 Å². The molecule has 0 bridgehead atoms. The molecule has 37 heavy (non-hydrogen) atoms. The first-order valence-electron chi connectivity index (χ1n) is 16.2. The van der Waals surface area contributed by atoms with Gasteiger partial charge in [-0.05, 0) is 82.5 Å². The lowest BCUT2D eigenvalue weighted by Crippen LogP contribution is -2.45. The number of ether oxygens (including phenoxy) is 1. The molecule has 1 rings (SSSR count). The number of hydrogen-bond donors (Lipinski definition) is 1. The highest BCUT2D eigenvalue weighted by atomic mass is 16.5. The number of unbranched alkanes of at least 4 members (excludes halogenated alkanes) is 7. The highest BCUT2D eigenvalue weighted by Crippen LogP contribution is 2.39. The van der Waals surface area contributed by atoms with Crippen molar-refractivity contribution >= 4 is 0 Å². The fourth-order valence-electron chi connectivity index (χ4n) is 6.03. The third-order valence-electron chi connectivity index (χ3n) is 9.05. The lowest BCUT2D eigenvalue weighted by atomic mass is 9.70. The monoisotopic (exact) mass is 517 g/mol. The molecule has 1 N–H and O–H groups in total. The second-order valence-corrected chi connectivity index (χ2v) is 12.6. The van der Waals surface area contributed by atoms with Gasteiger partial charge in [-0.1, -0.05) is 102 Å². The molecule has 0 aromatic rings. The minimum Gasteiger partial charge on any atom is -0.393 e. The molecular weight excluding hydrogens is 452 g/mol. The minimum atomic E-state index is -0.166. The van der Waals surface area contributed by atoms with Gasteiger partial charge >= 0.3 is 0 Å². The average molecular weight is 518 g/mol. The zero-order valence-electron chi connectivity index (χ0n) is 26.1.